The third kappa shape index (κ3) is 4.41. The molecular weight excluding hydrogens is 378 g/mol. The van der Waals surface area contributed by atoms with Crippen LogP contribution in [0.25, 0.3) is 0 Å². The van der Waals surface area contributed by atoms with Crippen LogP contribution in [0.3, 0.4) is 0 Å². The van der Waals surface area contributed by atoms with E-state index in [4.69, 9.17) is 21.1 Å². The lowest BCUT2D eigenvalue weighted by Crippen LogP contribution is -3.29. The van der Waals surface area contributed by atoms with Crippen LogP contribution in [0.2, 0.25) is 5.02 Å². The monoisotopic (exact) mass is 403 g/mol. The molecular formula is C21H26ClN3O3+2. The summed E-state index contributed by atoms with van der Waals surface area (Å²) in [6.45, 7) is 7.25. The van der Waals surface area contributed by atoms with Gasteiger partial charge < -0.3 is 24.6 Å². The Morgan fingerprint density at radius 3 is 2.68 bits per heavy atom. The van der Waals surface area contributed by atoms with Crippen LogP contribution in [0.15, 0.2) is 42.5 Å². The van der Waals surface area contributed by atoms with Crippen molar-refractivity contribution in [3.05, 3.63) is 53.1 Å². The number of benzene rings is 2. The molecule has 1 saturated heterocycles. The Bertz CT molecular complexity index is 853. The van der Waals surface area contributed by atoms with Gasteiger partial charge in [-0.05, 0) is 31.2 Å². The Morgan fingerprint density at radius 1 is 1.11 bits per heavy atom. The predicted octanol–water partition coefficient (Wildman–Crippen LogP) is 0.379. The van der Waals surface area contributed by atoms with E-state index in [1.165, 1.54) is 15.4 Å². The summed E-state index contributed by atoms with van der Waals surface area (Å²) in [6, 6.07) is 13.5. The quantitative estimate of drug-likeness (QED) is 0.676. The summed E-state index contributed by atoms with van der Waals surface area (Å²) in [5.41, 5.74) is 2.00. The van der Waals surface area contributed by atoms with Crippen molar-refractivity contribution in [3.63, 3.8) is 0 Å². The Kier molecular flexibility index (Phi) is 5.71. The zero-order valence-electron chi connectivity index (χ0n) is 16.0. The summed E-state index contributed by atoms with van der Waals surface area (Å²) in [6.07, 6.45) is 0. The molecule has 6 nitrogen and oxygen atoms in total. The number of hydrogen-bond donors (Lipinski definition) is 3. The molecule has 2 aromatic carbocycles. The fourth-order valence-corrected chi connectivity index (χ4v) is 4.09. The Balaban J connectivity index is 1.28. The van der Waals surface area contributed by atoms with E-state index < -0.39 is 0 Å². The number of piperazine rings is 1. The predicted molar refractivity (Wildman–Crippen MR) is 107 cm³/mol. The summed E-state index contributed by atoms with van der Waals surface area (Å²) < 4.78 is 10.7. The maximum absolute atomic E-state index is 12.7. The van der Waals surface area contributed by atoms with Gasteiger partial charge in [-0.2, -0.15) is 0 Å². The number of carbonyl (C=O) groups excluding carboxylic acids is 1. The summed E-state index contributed by atoms with van der Waals surface area (Å²) in [5, 5.41) is 3.80. The molecule has 0 bridgehead atoms. The van der Waals surface area contributed by atoms with E-state index in [9.17, 15) is 4.79 Å². The molecule has 28 heavy (non-hydrogen) atoms. The first-order valence-corrected chi connectivity index (χ1v) is 10.1. The molecule has 0 spiro atoms. The van der Waals surface area contributed by atoms with Crippen LogP contribution < -0.4 is 24.6 Å². The van der Waals surface area contributed by atoms with Crippen LogP contribution in [-0.4, -0.2) is 44.9 Å². The number of nitrogens with one attached hydrogen (secondary N) is 3. The smallest absolute Gasteiger partial charge is 0.282 e. The van der Waals surface area contributed by atoms with Gasteiger partial charge in [0.2, 0.25) is 6.79 Å². The van der Waals surface area contributed by atoms with Gasteiger partial charge in [0.15, 0.2) is 17.5 Å². The van der Waals surface area contributed by atoms with Crippen LogP contribution in [0, 0.1) is 0 Å². The number of fused-ring (bicyclic) bond motifs is 1. The highest BCUT2D eigenvalue weighted by molar-refractivity contribution is 6.30. The van der Waals surface area contributed by atoms with Crippen molar-refractivity contribution in [1.29, 1.82) is 0 Å². The van der Waals surface area contributed by atoms with E-state index in [0.29, 0.717) is 5.75 Å². The maximum atomic E-state index is 12.7. The topological polar surface area (TPSA) is 56.4 Å². The number of ether oxygens (including phenoxy) is 2. The van der Waals surface area contributed by atoms with E-state index in [1.54, 1.807) is 0 Å². The van der Waals surface area contributed by atoms with Crippen LogP contribution in [0.1, 0.15) is 12.5 Å². The molecule has 148 valence electrons. The van der Waals surface area contributed by atoms with Gasteiger partial charge in [0.05, 0.1) is 0 Å². The van der Waals surface area contributed by atoms with Crippen molar-refractivity contribution >= 4 is 23.2 Å². The number of halogens is 1. The molecule has 2 aliphatic heterocycles. The van der Waals surface area contributed by atoms with E-state index >= 15 is 0 Å². The average Bonchev–Trinajstić information content (AvgIpc) is 3.16. The van der Waals surface area contributed by atoms with Gasteiger partial charge in [-0.15, -0.1) is 0 Å². The molecule has 2 aliphatic rings. The molecule has 0 saturated carbocycles. The third-order valence-electron chi connectivity index (χ3n) is 5.59. The highest BCUT2D eigenvalue weighted by Gasteiger charge is 2.31. The lowest BCUT2D eigenvalue weighted by atomic mass is 10.1. The summed E-state index contributed by atoms with van der Waals surface area (Å²) in [4.78, 5) is 15.6. The molecule has 4 rings (SSSR count). The first kappa shape index (κ1) is 19.1. The summed E-state index contributed by atoms with van der Waals surface area (Å²) in [5.74, 6) is 1.43. The van der Waals surface area contributed by atoms with Gasteiger partial charge in [-0.25, -0.2) is 0 Å². The number of carbonyl (C=O) groups is 1. The van der Waals surface area contributed by atoms with E-state index in [2.05, 4.69) is 11.4 Å². The van der Waals surface area contributed by atoms with Gasteiger partial charge in [-0.3, -0.25) is 4.79 Å². The molecule has 1 atom stereocenters. The van der Waals surface area contributed by atoms with E-state index in [1.807, 2.05) is 43.3 Å². The number of hydrogen-bond acceptors (Lipinski definition) is 3. The average molecular weight is 404 g/mol. The van der Waals surface area contributed by atoms with Crippen LogP contribution in [0.5, 0.6) is 11.5 Å². The fraction of sp³-hybridized carbons (Fsp3) is 0.381. The molecule has 0 unspecified atom stereocenters. The molecule has 0 aliphatic carbocycles. The lowest BCUT2D eigenvalue weighted by Gasteiger charge is -2.32. The molecule has 2 heterocycles. The minimum atomic E-state index is -0.0989. The minimum absolute atomic E-state index is 0.0344. The van der Waals surface area contributed by atoms with Crippen LogP contribution in [0.4, 0.5) is 5.69 Å². The van der Waals surface area contributed by atoms with Gasteiger partial charge >= 0.3 is 0 Å². The molecule has 0 radical (unpaired) electrons. The SMILES string of the molecule is C[C@@H](C(=O)Nc1ccc2c(c1)OCO2)[NH+]1CC[NH+](Cc2cccc(Cl)c2)CC1. The Hall–Kier alpha value is -2.28. The molecule has 7 heteroatoms. The van der Waals surface area contributed by atoms with Gasteiger partial charge in [0.25, 0.3) is 5.91 Å². The second-order valence-corrected chi connectivity index (χ2v) is 7.93. The second-order valence-electron chi connectivity index (χ2n) is 7.49. The first-order valence-electron chi connectivity index (χ1n) is 9.71. The highest BCUT2D eigenvalue weighted by Crippen LogP contribution is 2.34. The fourth-order valence-electron chi connectivity index (χ4n) is 3.88. The molecule has 1 fully saturated rings. The highest BCUT2D eigenvalue weighted by atomic mass is 35.5. The number of amides is 1. The lowest BCUT2D eigenvalue weighted by molar-refractivity contribution is -1.02. The zero-order valence-corrected chi connectivity index (χ0v) is 16.7. The minimum Gasteiger partial charge on any atom is -0.454 e. The van der Waals surface area contributed by atoms with Crippen molar-refractivity contribution < 1.29 is 24.1 Å². The van der Waals surface area contributed by atoms with Gasteiger partial charge in [-0.1, -0.05) is 23.7 Å². The van der Waals surface area contributed by atoms with Gasteiger partial charge in [0.1, 0.15) is 32.7 Å². The normalized spacial score (nSPS) is 21.9. The van der Waals surface area contributed by atoms with Crippen molar-refractivity contribution in [2.75, 3.05) is 38.3 Å². The van der Waals surface area contributed by atoms with Crippen LogP contribution in [-0.2, 0) is 11.3 Å². The maximum Gasteiger partial charge on any atom is 0.282 e. The number of quaternary nitrogens is 2. The van der Waals surface area contributed by atoms with E-state index in [0.717, 1.165) is 49.2 Å². The largest absolute Gasteiger partial charge is 0.454 e. The van der Waals surface area contributed by atoms with Crippen molar-refractivity contribution in [2.45, 2.75) is 19.5 Å². The summed E-state index contributed by atoms with van der Waals surface area (Å²) >= 11 is 6.09. The molecule has 1 amide bonds. The number of rotatable bonds is 5. The summed E-state index contributed by atoms with van der Waals surface area (Å²) in [7, 11) is 0. The first-order chi connectivity index (χ1) is 13.6. The van der Waals surface area contributed by atoms with Crippen molar-refractivity contribution in [2.24, 2.45) is 0 Å². The Morgan fingerprint density at radius 2 is 1.89 bits per heavy atom. The van der Waals surface area contributed by atoms with E-state index in [-0.39, 0.29) is 18.7 Å². The zero-order chi connectivity index (χ0) is 19.5. The molecule has 2 aromatic rings. The van der Waals surface area contributed by atoms with Crippen LogP contribution >= 0.6 is 11.6 Å². The van der Waals surface area contributed by atoms with Crippen molar-refractivity contribution in [1.82, 2.24) is 0 Å². The Labute approximate surface area is 170 Å². The molecule has 3 N–H and O–H groups in total. The standard InChI is InChI=1S/C21H24ClN3O3/c1-15(21(26)23-18-5-6-19-20(12-18)28-14-27-19)25-9-7-24(8-10-25)13-16-3-2-4-17(22)11-16/h2-6,11-12,15H,7-10,13-14H2,1H3,(H,23,26)/p+2/t15-/m0/s1. The molecule has 0 aromatic heterocycles. The number of anilines is 1. The second kappa shape index (κ2) is 8.39. The van der Waals surface area contributed by atoms with Gasteiger partial charge in [0, 0.05) is 22.3 Å². The van der Waals surface area contributed by atoms with Crippen molar-refractivity contribution in [3.8, 4) is 11.5 Å². The third-order valence-corrected chi connectivity index (χ3v) is 5.82.